The van der Waals surface area contributed by atoms with E-state index in [1.54, 1.807) is 6.20 Å². The molecule has 4 nitrogen and oxygen atoms in total. The molecule has 0 saturated heterocycles. The zero-order chi connectivity index (χ0) is 14.0. The quantitative estimate of drug-likeness (QED) is 0.918. The lowest BCUT2D eigenvalue weighted by Gasteiger charge is -2.18. The third-order valence-electron chi connectivity index (χ3n) is 2.42. The van der Waals surface area contributed by atoms with Gasteiger partial charge in [0, 0.05) is 10.7 Å². The van der Waals surface area contributed by atoms with Gasteiger partial charge in [0.2, 0.25) is 10.0 Å². The average Bonchev–Trinajstić information content (AvgIpc) is 2.19. The molecule has 0 atom stereocenters. The number of aromatic nitrogens is 1. The molecule has 0 amide bonds. The van der Waals surface area contributed by atoms with Gasteiger partial charge in [0.1, 0.15) is 5.82 Å². The summed E-state index contributed by atoms with van der Waals surface area (Å²) in [6.07, 6.45) is 2.19. The van der Waals surface area contributed by atoms with Gasteiger partial charge < -0.3 is 0 Å². The highest BCUT2D eigenvalue weighted by molar-refractivity contribution is 9.10. The van der Waals surface area contributed by atoms with Gasteiger partial charge in [0.05, 0.1) is 5.75 Å². The number of pyridine rings is 1. The number of hydrogen-bond donors (Lipinski definition) is 1. The second kappa shape index (κ2) is 5.57. The van der Waals surface area contributed by atoms with Crippen molar-refractivity contribution in [2.45, 2.75) is 34.1 Å². The van der Waals surface area contributed by atoms with Crippen molar-refractivity contribution in [3.05, 3.63) is 22.3 Å². The molecular weight excluding hydrogens is 316 g/mol. The Morgan fingerprint density at radius 3 is 2.50 bits per heavy atom. The first-order valence-corrected chi connectivity index (χ1v) is 8.16. The Bertz CT molecular complexity index is 521. The Kier molecular flexibility index (Phi) is 4.78. The maximum Gasteiger partial charge on any atom is 0.233 e. The highest BCUT2D eigenvalue weighted by atomic mass is 79.9. The third kappa shape index (κ3) is 5.35. The summed E-state index contributed by atoms with van der Waals surface area (Å²) in [6, 6.07) is 1.83. The van der Waals surface area contributed by atoms with Gasteiger partial charge in [-0.2, -0.15) is 0 Å². The molecule has 102 valence electrons. The van der Waals surface area contributed by atoms with Crippen LogP contribution in [0.1, 0.15) is 32.8 Å². The maximum absolute atomic E-state index is 11.9. The Morgan fingerprint density at radius 2 is 2.00 bits per heavy atom. The SMILES string of the molecule is Cc1cc(Br)cnc1NS(=O)(=O)CCC(C)(C)C. The second-order valence-corrected chi connectivity index (χ2v) is 8.31. The van der Waals surface area contributed by atoms with Gasteiger partial charge in [0.15, 0.2) is 0 Å². The fourth-order valence-corrected chi connectivity index (χ4v) is 3.22. The largest absolute Gasteiger partial charge is 0.267 e. The topological polar surface area (TPSA) is 59.1 Å². The van der Waals surface area contributed by atoms with E-state index in [4.69, 9.17) is 0 Å². The van der Waals surface area contributed by atoms with E-state index in [2.05, 4.69) is 25.6 Å². The molecule has 18 heavy (non-hydrogen) atoms. The number of nitrogens with one attached hydrogen (secondary N) is 1. The van der Waals surface area contributed by atoms with Crippen molar-refractivity contribution in [3.63, 3.8) is 0 Å². The van der Waals surface area contributed by atoms with Crippen LogP contribution in [0.25, 0.3) is 0 Å². The first-order chi connectivity index (χ1) is 8.09. The number of nitrogens with zero attached hydrogens (tertiary/aromatic N) is 1. The fraction of sp³-hybridized carbons (Fsp3) is 0.583. The molecule has 0 aliphatic carbocycles. The van der Waals surface area contributed by atoms with Gasteiger partial charge >= 0.3 is 0 Å². The molecule has 0 radical (unpaired) electrons. The summed E-state index contributed by atoms with van der Waals surface area (Å²) in [7, 11) is -3.33. The second-order valence-electron chi connectivity index (χ2n) is 5.55. The lowest BCUT2D eigenvalue weighted by Crippen LogP contribution is -2.21. The zero-order valence-electron chi connectivity index (χ0n) is 11.1. The van der Waals surface area contributed by atoms with Gasteiger partial charge in [-0.25, -0.2) is 13.4 Å². The normalized spacial score (nSPS) is 12.5. The Balaban J connectivity index is 2.77. The Labute approximate surface area is 117 Å². The highest BCUT2D eigenvalue weighted by Crippen LogP contribution is 2.21. The molecule has 0 saturated carbocycles. The van der Waals surface area contributed by atoms with Crippen LogP contribution in [0.5, 0.6) is 0 Å². The fourth-order valence-electron chi connectivity index (χ4n) is 1.29. The first-order valence-electron chi connectivity index (χ1n) is 5.72. The predicted molar refractivity (Wildman–Crippen MR) is 78.2 cm³/mol. The summed E-state index contributed by atoms with van der Waals surface area (Å²) in [4.78, 5) is 4.07. The van der Waals surface area contributed by atoms with Gasteiger partial charge in [0.25, 0.3) is 0 Å². The van der Waals surface area contributed by atoms with Crippen LogP contribution in [0, 0.1) is 12.3 Å². The molecule has 0 aromatic carbocycles. The summed E-state index contributed by atoms with van der Waals surface area (Å²) in [6.45, 7) is 7.88. The van der Waals surface area contributed by atoms with E-state index < -0.39 is 10.0 Å². The molecule has 1 N–H and O–H groups in total. The molecule has 1 rings (SSSR count). The molecule has 1 aromatic rings. The van der Waals surface area contributed by atoms with Crippen LogP contribution >= 0.6 is 15.9 Å². The average molecular weight is 335 g/mol. The molecule has 1 aromatic heterocycles. The molecule has 0 fully saturated rings. The molecule has 0 aliphatic rings. The minimum atomic E-state index is -3.33. The standard InChI is InChI=1S/C12H19BrN2O2S/c1-9-7-10(13)8-14-11(9)15-18(16,17)6-5-12(2,3)4/h7-8H,5-6H2,1-4H3,(H,14,15). The van der Waals surface area contributed by atoms with Crippen molar-refractivity contribution in [2.24, 2.45) is 5.41 Å². The molecular formula is C12H19BrN2O2S. The highest BCUT2D eigenvalue weighted by Gasteiger charge is 2.18. The summed E-state index contributed by atoms with van der Waals surface area (Å²) < 4.78 is 27.2. The van der Waals surface area contributed by atoms with E-state index in [0.29, 0.717) is 12.2 Å². The molecule has 0 spiro atoms. The molecule has 0 aliphatic heterocycles. The van der Waals surface area contributed by atoms with Crippen molar-refractivity contribution in [1.82, 2.24) is 4.98 Å². The minimum Gasteiger partial charge on any atom is -0.267 e. The molecule has 6 heteroatoms. The summed E-state index contributed by atoms with van der Waals surface area (Å²) in [5, 5.41) is 0. The lowest BCUT2D eigenvalue weighted by molar-refractivity contribution is 0.397. The number of sulfonamides is 1. The Morgan fingerprint density at radius 1 is 1.39 bits per heavy atom. The van der Waals surface area contributed by atoms with E-state index in [0.717, 1.165) is 10.0 Å². The van der Waals surface area contributed by atoms with Gasteiger partial charge in [-0.3, -0.25) is 4.72 Å². The Hall–Kier alpha value is -0.620. The smallest absolute Gasteiger partial charge is 0.233 e. The van der Waals surface area contributed by atoms with Gasteiger partial charge in [-0.15, -0.1) is 0 Å². The maximum atomic E-state index is 11.9. The molecule has 0 bridgehead atoms. The molecule has 1 heterocycles. The van der Waals surface area contributed by atoms with Crippen LogP contribution < -0.4 is 4.72 Å². The van der Waals surface area contributed by atoms with Crippen LogP contribution in [-0.2, 0) is 10.0 Å². The molecule has 0 unspecified atom stereocenters. The van der Waals surface area contributed by atoms with Gasteiger partial charge in [-0.05, 0) is 46.3 Å². The number of anilines is 1. The van der Waals surface area contributed by atoms with Crippen molar-refractivity contribution < 1.29 is 8.42 Å². The van der Waals surface area contributed by atoms with Gasteiger partial charge in [-0.1, -0.05) is 20.8 Å². The monoisotopic (exact) mass is 334 g/mol. The number of aryl methyl sites for hydroxylation is 1. The third-order valence-corrected chi connectivity index (χ3v) is 4.10. The lowest BCUT2D eigenvalue weighted by atomic mass is 9.94. The van der Waals surface area contributed by atoms with Crippen molar-refractivity contribution in [2.75, 3.05) is 10.5 Å². The predicted octanol–water partition coefficient (Wildman–Crippen LogP) is 3.33. The summed E-state index contributed by atoms with van der Waals surface area (Å²) in [5.74, 6) is 0.500. The van der Waals surface area contributed by atoms with E-state index in [9.17, 15) is 8.42 Å². The van der Waals surface area contributed by atoms with E-state index in [-0.39, 0.29) is 11.2 Å². The minimum absolute atomic E-state index is 0.00304. The van der Waals surface area contributed by atoms with E-state index >= 15 is 0 Å². The zero-order valence-corrected chi connectivity index (χ0v) is 13.5. The first kappa shape index (κ1) is 15.4. The van der Waals surface area contributed by atoms with Crippen LogP contribution in [0.2, 0.25) is 0 Å². The van der Waals surface area contributed by atoms with Crippen molar-refractivity contribution in [3.8, 4) is 0 Å². The van der Waals surface area contributed by atoms with Crippen LogP contribution in [0.4, 0.5) is 5.82 Å². The van der Waals surface area contributed by atoms with Crippen LogP contribution in [0.15, 0.2) is 16.7 Å². The summed E-state index contributed by atoms with van der Waals surface area (Å²) >= 11 is 3.29. The van der Waals surface area contributed by atoms with E-state index in [1.165, 1.54) is 0 Å². The van der Waals surface area contributed by atoms with Crippen LogP contribution in [-0.4, -0.2) is 19.2 Å². The number of hydrogen-bond acceptors (Lipinski definition) is 3. The number of halogens is 1. The number of rotatable bonds is 4. The van der Waals surface area contributed by atoms with Crippen molar-refractivity contribution >= 4 is 31.8 Å². The summed E-state index contributed by atoms with van der Waals surface area (Å²) in [5.41, 5.74) is 0.792. The van der Waals surface area contributed by atoms with Crippen LogP contribution in [0.3, 0.4) is 0 Å². The van der Waals surface area contributed by atoms with E-state index in [1.807, 2.05) is 33.8 Å². The van der Waals surface area contributed by atoms with Crippen molar-refractivity contribution in [1.29, 1.82) is 0 Å².